The lowest BCUT2D eigenvalue weighted by molar-refractivity contribution is 0.287. The van der Waals surface area contributed by atoms with Gasteiger partial charge in [0.25, 0.3) is 0 Å². The number of aliphatic hydroxyl groups excluding tert-OH is 1. The molecule has 2 unspecified atom stereocenters. The van der Waals surface area contributed by atoms with E-state index in [4.69, 9.17) is 5.11 Å². The van der Waals surface area contributed by atoms with E-state index < -0.39 is 10.0 Å². The van der Waals surface area contributed by atoms with Crippen LogP contribution in [0.5, 0.6) is 0 Å². The molecule has 1 aliphatic carbocycles. The Labute approximate surface area is 102 Å². The summed E-state index contributed by atoms with van der Waals surface area (Å²) in [5.74, 6) is 0.133. The molecule has 4 nitrogen and oxygen atoms in total. The molecule has 0 aliphatic heterocycles. The average molecular weight is 267 g/mol. The van der Waals surface area contributed by atoms with E-state index in [0.717, 1.165) is 19.3 Å². The Kier molecular flexibility index (Phi) is 6.10. The summed E-state index contributed by atoms with van der Waals surface area (Å²) in [5, 5.41) is 9.20. The van der Waals surface area contributed by atoms with Gasteiger partial charge < -0.3 is 5.11 Å². The molecule has 0 spiro atoms. The molecule has 0 amide bonds. The van der Waals surface area contributed by atoms with Crippen molar-refractivity contribution < 1.29 is 13.5 Å². The molecule has 0 aromatic heterocycles. The predicted molar refractivity (Wildman–Crippen MR) is 68.2 cm³/mol. The van der Waals surface area contributed by atoms with Gasteiger partial charge in [0, 0.05) is 17.9 Å². The highest BCUT2D eigenvalue weighted by Crippen LogP contribution is 2.28. The molecule has 6 heteroatoms. The van der Waals surface area contributed by atoms with Gasteiger partial charge in [-0.2, -0.15) is 11.8 Å². The highest BCUT2D eigenvalue weighted by Gasteiger charge is 2.27. The maximum absolute atomic E-state index is 11.7. The van der Waals surface area contributed by atoms with Crippen LogP contribution in [0.25, 0.3) is 0 Å². The number of aliphatic hydroxyl groups is 1. The molecular weight excluding hydrogens is 246 g/mol. The minimum Gasteiger partial charge on any atom is -0.396 e. The van der Waals surface area contributed by atoms with Crippen molar-refractivity contribution in [3.63, 3.8) is 0 Å². The van der Waals surface area contributed by atoms with Gasteiger partial charge in [-0.1, -0.05) is 0 Å². The minimum absolute atomic E-state index is 0.0630. The van der Waals surface area contributed by atoms with Gasteiger partial charge in [-0.3, -0.25) is 0 Å². The van der Waals surface area contributed by atoms with E-state index in [1.165, 1.54) is 0 Å². The molecule has 0 aromatic rings. The number of hydrogen-bond donors (Lipinski definition) is 2. The standard InChI is InChI=1S/C10H21NO3S2/c1-15-10-5-4-9(8-10)11-16(13,14)7-3-2-6-12/h9-12H,2-8H2,1H3. The van der Waals surface area contributed by atoms with Crippen LogP contribution in [0.15, 0.2) is 0 Å². The van der Waals surface area contributed by atoms with E-state index in [2.05, 4.69) is 11.0 Å². The second-order valence-corrected chi connectivity index (χ2v) is 7.25. The van der Waals surface area contributed by atoms with E-state index >= 15 is 0 Å². The largest absolute Gasteiger partial charge is 0.396 e. The third kappa shape index (κ3) is 5.03. The number of unbranched alkanes of at least 4 members (excludes halogenated alkanes) is 1. The fraction of sp³-hybridized carbons (Fsp3) is 1.00. The first-order valence-electron chi connectivity index (χ1n) is 5.71. The molecule has 0 aromatic carbocycles. The Morgan fingerprint density at radius 2 is 2.12 bits per heavy atom. The summed E-state index contributed by atoms with van der Waals surface area (Å²) < 4.78 is 26.1. The quantitative estimate of drug-likeness (QED) is 0.674. The van der Waals surface area contributed by atoms with Crippen molar-refractivity contribution >= 4 is 21.8 Å². The Morgan fingerprint density at radius 1 is 1.38 bits per heavy atom. The molecule has 2 atom stereocenters. The highest BCUT2D eigenvalue weighted by atomic mass is 32.2. The van der Waals surface area contributed by atoms with E-state index in [1.807, 2.05) is 11.8 Å². The number of hydrogen-bond acceptors (Lipinski definition) is 4. The first kappa shape index (κ1) is 14.3. The van der Waals surface area contributed by atoms with Crippen molar-refractivity contribution in [2.75, 3.05) is 18.6 Å². The molecule has 0 radical (unpaired) electrons. The van der Waals surface area contributed by atoms with Crippen LogP contribution in [0.1, 0.15) is 32.1 Å². The van der Waals surface area contributed by atoms with Crippen molar-refractivity contribution in [1.29, 1.82) is 0 Å². The van der Waals surface area contributed by atoms with Crippen LogP contribution in [0.4, 0.5) is 0 Å². The predicted octanol–water partition coefficient (Wildman–Crippen LogP) is 0.962. The fourth-order valence-electron chi connectivity index (χ4n) is 1.98. The molecule has 1 aliphatic rings. The fourth-order valence-corrected chi connectivity index (χ4v) is 4.20. The van der Waals surface area contributed by atoms with Crippen LogP contribution in [-0.2, 0) is 10.0 Å². The lowest BCUT2D eigenvalue weighted by atomic mass is 10.3. The van der Waals surface area contributed by atoms with Crippen LogP contribution in [-0.4, -0.2) is 43.4 Å². The van der Waals surface area contributed by atoms with Crippen LogP contribution in [0.2, 0.25) is 0 Å². The normalized spacial score (nSPS) is 26.1. The summed E-state index contributed by atoms with van der Waals surface area (Å²) >= 11 is 1.82. The minimum atomic E-state index is -3.14. The molecule has 1 fully saturated rings. The Hall–Kier alpha value is 0.220. The summed E-state index contributed by atoms with van der Waals surface area (Å²) in [4.78, 5) is 0. The third-order valence-corrected chi connectivity index (χ3v) is 5.50. The number of rotatable bonds is 7. The van der Waals surface area contributed by atoms with Gasteiger partial charge in [-0.25, -0.2) is 13.1 Å². The average Bonchev–Trinajstić information content (AvgIpc) is 2.65. The zero-order valence-electron chi connectivity index (χ0n) is 9.68. The molecule has 0 bridgehead atoms. The lowest BCUT2D eigenvalue weighted by Gasteiger charge is -2.12. The zero-order chi connectivity index (χ0) is 12.0. The van der Waals surface area contributed by atoms with Crippen molar-refractivity contribution in [1.82, 2.24) is 4.72 Å². The SMILES string of the molecule is CSC1CCC(NS(=O)(=O)CCCCO)C1. The van der Waals surface area contributed by atoms with Crippen molar-refractivity contribution in [3.8, 4) is 0 Å². The van der Waals surface area contributed by atoms with Crippen molar-refractivity contribution in [3.05, 3.63) is 0 Å². The first-order valence-corrected chi connectivity index (χ1v) is 8.65. The third-order valence-electron chi connectivity index (χ3n) is 2.89. The van der Waals surface area contributed by atoms with Crippen LogP contribution >= 0.6 is 11.8 Å². The number of sulfonamides is 1. The van der Waals surface area contributed by atoms with Gasteiger partial charge in [0.05, 0.1) is 5.75 Å². The second kappa shape index (κ2) is 6.83. The summed E-state index contributed by atoms with van der Waals surface area (Å²) in [7, 11) is -3.14. The van der Waals surface area contributed by atoms with E-state index in [9.17, 15) is 8.42 Å². The topological polar surface area (TPSA) is 66.4 Å². The summed E-state index contributed by atoms with van der Waals surface area (Å²) in [6.07, 6.45) is 6.16. The summed E-state index contributed by atoms with van der Waals surface area (Å²) in [6, 6.07) is 0.122. The molecule has 2 N–H and O–H groups in total. The maximum atomic E-state index is 11.7. The molecule has 96 valence electrons. The Balaban J connectivity index is 2.30. The maximum Gasteiger partial charge on any atom is 0.211 e. The van der Waals surface area contributed by atoms with Gasteiger partial charge in [0.2, 0.25) is 10.0 Å². The smallest absolute Gasteiger partial charge is 0.211 e. The molecule has 1 saturated carbocycles. The number of nitrogens with one attached hydrogen (secondary N) is 1. The monoisotopic (exact) mass is 267 g/mol. The van der Waals surface area contributed by atoms with Gasteiger partial charge in [0.15, 0.2) is 0 Å². The van der Waals surface area contributed by atoms with E-state index in [1.54, 1.807) is 0 Å². The van der Waals surface area contributed by atoms with Crippen molar-refractivity contribution in [2.45, 2.75) is 43.4 Å². The Morgan fingerprint density at radius 3 is 2.69 bits per heavy atom. The number of thioether (sulfide) groups is 1. The summed E-state index contributed by atoms with van der Waals surface area (Å²) in [5.41, 5.74) is 0. The van der Waals surface area contributed by atoms with E-state index in [-0.39, 0.29) is 18.4 Å². The molecule has 16 heavy (non-hydrogen) atoms. The van der Waals surface area contributed by atoms with Crippen LogP contribution in [0.3, 0.4) is 0 Å². The van der Waals surface area contributed by atoms with E-state index in [0.29, 0.717) is 18.1 Å². The van der Waals surface area contributed by atoms with Gasteiger partial charge >= 0.3 is 0 Å². The second-order valence-electron chi connectivity index (χ2n) is 4.24. The molecule has 0 saturated heterocycles. The highest BCUT2D eigenvalue weighted by molar-refractivity contribution is 7.99. The van der Waals surface area contributed by atoms with Gasteiger partial charge in [-0.15, -0.1) is 0 Å². The van der Waals surface area contributed by atoms with Gasteiger partial charge in [-0.05, 0) is 38.4 Å². The van der Waals surface area contributed by atoms with Gasteiger partial charge in [0.1, 0.15) is 0 Å². The van der Waals surface area contributed by atoms with Crippen LogP contribution in [0, 0.1) is 0 Å². The molecule has 1 rings (SSSR count). The molecule has 0 heterocycles. The molecular formula is C10H21NO3S2. The van der Waals surface area contributed by atoms with Crippen LogP contribution < -0.4 is 4.72 Å². The zero-order valence-corrected chi connectivity index (χ0v) is 11.3. The lowest BCUT2D eigenvalue weighted by Crippen LogP contribution is -2.34. The Bertz CT molecular complexity index is 292. The summed E-state index contributed by atoms with van der Waals surface area (Å²) in [6.45, 7) is 0.0630. The van der Waals surface area contributed by atoms with Crippen molar-refractivity contribution in [2.24, 2.45) is 0 Å². The first-order chi connectivity index (χ1) is 7.57.